The number of esters is 1. The highest BCUT2D eigenvalue weighted by Crippen LogP contribution is 2.39. The number of nitrogens with one attached hydrogen (secondary N) is 1. The van der Waals surface area contributed by atoms with E-state index in [1.807, 2.05) is 6.07 Å². The molecule has 30 heavy (non-hydrogen) atoms. The number of methoxy groups -OCH3 is 1. The summed E-state index contributed by atoms with van der Waals surface area (Å²) in [5.74, 6) is -0.849. The van der Waals surface area contributed by atoms with Gasteiger partial charge in [0.15, 0.2) is 0 Å². The van der Waals surface area contributed by atoms with E-state index in [0.29, 0.717) is 29.2 Å². The van der Waals surface area contributed by atoms with Crippen molar-refractivity contribution in [2.45, 2.75) is 45.1 Å². The molecule has 1 aliphatic heterocycles. The normalized spacial score (nSPS) is 19.2. The first-order valence-electron chi connectivity index (χ1n) is 10.6. The van der Waals surface area contributed by atoms with Crippen LogP contribution in [0.2, 0.25) is 0 Å². The van der Waals surface area contributed by atoms with Crippen LogP contribution in [0.5, 0.6) is 0 Å². The third kappa shape index (κ3) is 4.42. The van der Waals surface area contributed by atoms with Crippen molar-refractivity contribution in [1.82, 2.24) is 4.90 Å². The van der Waals surface area contributed by atoms with Gasteiger partial charge in [0, 0.05) is 23.5 Å². The molecule has 2 heterocycles. The van der Waals surface area contributed by atoms with Crippen molar-refractivity contribution in [3.05, 3.63) is 51.7 Å². The summed E-state index contributed by atoms with van der Waals surface area (Å²) in [5, 5.41) is 3.64. The first kappa shape index (κ1) is 21.0. The van der Waals surface area contributed by atoms with Gasteiger partial charge >= 0.3 is 5.97 Å². The summed E-state index contributed by atoms with van der Waals surface area (Å²) in [7, 11) is 1.38. The number of hydrogen-bond acceptors (Lipinski definition) is 5. The van der Waals surface area contributed by atoms with Gasteiger partial charge in [-0.15, -0.1) is 11.3 Å². The Kier molecular flexibility index (Phi) is 6.49. The Labute approximate surface area is 180 Å². The topological polar surface area (TPSA) is 58.6 Å². The van der Waals surface area contributed by atoms with Gasteiger partial charge in [-0.05, 0) is 56.7 Å². The number of halogens is 1. The highest BCUT2D eigenvalue weighted by atomic mass is 32.1. The number of carbonyl (C=O) groups excluding carboxylic acids is 2. The number of aryl methyl sites for hydroxylation is 1. The Morgan fingerprint density at radius 1 is 1.23 bits per heavy atom. The van der Waals surface area contributed by atoms with Crippen molar-refractivity contribution < 1.29 is 18.7 Å². The van der Waals surface area contributed by atoms with E-state index in [0.717, 1.165) is 50.6 Å². The summed E-state index contributed by atoms with van der Waals surface area (Å²) in [6, 6.07) is 6.78. The average molecular weight is 431 g/mol. The third-order valence-corrected chi connectivity index (χ3v) is 7.23. The number of piperidine rings is 1. The summed E-state index contributed by atoms with van der Waals surface area (Å²) < 4.78 is 19.0. The van der Waals surface area contributed by atoms with E-state index in [1.165, 1.54) is 29.4 Å². The molecule has 1 amide bonds. The molecule has 0 bridgehead atoms. The average Bonchev–Trinajstić information content (AvgIpc) is 3.13. The van der Waals surface area contributed by atoms with Gasteiger partial charge in [-0.25, -0.2) is 9.18 Å². The molecule has 1 unspecified atom stereocenters. The molecule has 1 atom stereocenters. The van der Waals surface area contributed by atoms with Crippen LogP contribution in [0.1, 0.15) is 52.0 Å². The number of rotatable bonds is 5. The molecule has 1 aromatic carbocycles. The lowest BCUT2D eigenvalue weighted by Gasteiger charge is -2.32. The minimum absolute atomic E-state index is 0.0722. The lowest BCUT2D eigenvalue weighted by Crippen LogP contribution is -2.40. The van der Waals surface area contributed by atoms with Crippen LogP contribution in [0.15, 0.2) is 24.3 Å². The molecule has 160 valence electrons. The van der Waals surface area contributed by atoms with E-state index in [1.54, 1.807) is 12.1 Å². The Morgan fingerprint density at radius 3 is 2.83 bits per heavy atom. The number of likely N-dealkylation sites (tertiary alicyclic amines) is 1. The molecule has 1 saturated heterocycles. The standard InChI is InChI=1S/C23H27FN2O3S/c1-29-23(28)20-17-9-3-5-11-19(17)30-22(20)25-21(27)16-8-6-12-26(14-16)13-15-7-2-4-10-18(15)24/h2,4,7,10,16H,3,5-6,8-9,11-14H2,1H3,(H,25,27). The van der Waals surface area contributed by atoms with Gasteiger partial charge in [0.05, 0.1) is 18.6 Å². The number of ether oxygens (including phenoxy) is 1. The highest BCUT2D eigenvalue weighted by Gasteiger charge is 2.30. The van der Waals surface area contributed by atoms with Crippen molar-refractivity contribution in [2.75, 3.05) is 25.5 Å². The Morgan fingerprint density at radius 2 is 2.03 bits per heavy atom. The summed E-state index contributed by atoms with van der Waals surface area (Å²) in [6.45, 7) is 1.93. The molecular weight excluding hydrogens is 403 g/mol. The van der Waals surface area contributed by atoms with Gasteiger partial charge in [0.1, 0.15) is 10.8 Å². The smallest absolute Gasteiger partial charge is 0.341 e. The van der Waals surface area contributed by atoms with E-state index in [2.05, 4.69) is 10.2 Å². The van der Waals surface area contributed by atoms with Crippen LogP contribution in [0, 0.1) is 11.7 Å². The van der Waals surface area contributed by atoms with E-state index >= 15 is 0 Å². The van der Waals surface area contributed by atoms with Crippen molar-refractivity contribution in [1.29, 1.82) is 0 Å². The maximum Gasteiger partial charge on any atom is 0.341 e. The SMILES string of the molecule is COC(=O)c1c(NC(=O)C2CCCN(Cc3ccccc3F)C2)sc2c1CCCC2. The van der Waals surface area contributed by atoms with Crippen molar-refractivity contribution in [2.24, 2.45) is 5.92 Å². The molecular formula is C23H27FN2O3S. The van der Waals surface area contributed by atoms with E-state index < -0.39 is 0 Å². The summed E-state index contributed by atoms with van der Waals surface area (Å²) in [4.78, 5) is 28.8. The zero-order chi connectivity index (χ0) is 21.1. The largest absolute Gasteiger partial charge is 0.465 e. The van der Waals surface area contributed by atoms with Crippen molar-refractivity contribution >= 4 is 28.2 Å². The van der Waals surface area contributed by atoms with Crippen molar-refractivity contribution in [3.63, 3.8) is 0 Å². The van der Waals surface area contributed by atoms with Gasteiger partial charge < -0.3 is 10.1 Å². The minimum atomic E-state index is -0.380. The molecule has 1 N–H and O–H groups in total. The second kappa shape index (κ2) is 9.27. The molecule has 2 aliphatic rings. The Balaban J connectivity index is 1.47. The van der Waals surface area contributed by atoms with E-state index in [9.17, 15) is 14.0 Å². The maximum atomic E-state index is 14.0. The fourth-order valence-electron chi connectivity index (χ4n) is 4.47. The summed E-state index contributed by atoms with van der Waals surface area (Å²) >= 11 is 1.51. The molecule has 4 rings (SSSR count). The molecule has 5 nitrogen and oxygen atoms in total. The van der Waals surface area contributed by atoms with Gasteiger partial charge in [-0.3, -0.25) is 9.69 Å². The van der Waals surface area contributed by atoms with E-state index in [-0.39, 0.29) is 23.6 Å². The first-order valence-corrected chi connectivity index (χ1v) is 11.4. The quantitative estimate of drug-likeness (QED) is 0.714. The monoisotopic (exact) mass is 430 g/mol. The number of anilines is 1. The van der Waals surface area contributed by atoms with E-state index in [4.69, 9.17) is 4.74 Å². The predicted molar refractivity (Wildman–Crippen MR) is 115 cm³/mol. The summed E-state index contributed by atoms with van der Waals surface area (Å²) in [6.07, 6.45) is 5.63. The van der Waals surface area contributed by atoms with Crippen LogP contribution in [0.25, 0.3) is 0 Å². The van der Waals surface area contributed by atoms with Crippen LogP contribution in [0.3, 0.4) is 0 Å². The van der Waals surface area contributed by atoms with Crippen molar-refractivity contribution in [3.8, 4) is 0 Å². The van der Waals surface area contributed by atoms with Crippen LogP contribution in [-0.4, -0.2) is 37.0 Å². The summed E-state index contributed by atoms with van der Waals surface area (Å²) in [5.41, 5.74) is 2.22. The molecule has 7 heteroatoms. The van der Waals surface area contributed by atoms with Gasteiger partial charge in [-0.2, -0.15) is 0 Å². The lowest BCUT2D eigenvalue weighted by atomic mass is 9.95. The first-order chi connectivity index (χ1) is 14.6. The molecule has 1 fully saturated rings. The highest BCUT2D eigenvalue weighted by molar-refractivity contribution is 7.17. The van der Waals surface area contributed by atoms with Gasteiger partial charge in [0.2, 0.25) is 5.91 Å². The minimum Gasteiger partial charge on any atom is -0.465 e. The predicted octanol–water partition coefficient (Wildman–Crippen LogP) is 4.40. The zero-order valence-electron chi connectivity index (χ0n) is 17.2. The molecule has 1 aromatic heterocycles. The third-order valence-electron chi connectivity index (χ3n) is 6.03. The molecule has 0 spiro atoms. The second-order valence-electron chi connectivity index (χ2n) is 8.06. The zero-order valence-corrected chi connectivity index (χ0v) is 18.0. The Bertz CT molecular complexity index is 943. The number of nitrogens with zero attached hydrogens (tertiary/aromatic N) is 1. The molecule has 0 saturated carbocycles. The number of thiophene rings is 1. The molecule has 2 aromatic rings. The molecule has 0 radical (unpaired) electrons. The number of benzene rings is 1. The maximum absolute atomic E-state index is 14.0. The second-order valence-corrected chi connectivity index (χ2v) is 9.17. The lowest BCUT2D eigenvalue weighted by molar-refractivity contribution is -0.121. The van der Waals surface area contributed by atoms with Crippen LogP contribution in [-0.2, 0) is 28.9 Å². The van der Waals surface area contributed by atoms with Crippen LogP contribution < -0.4 is 5.32 Å². The van der Waals surface area contributed by atoms with Gasteiger partial charge in [0.25, 0.3) is 0 Å². The Hall–Kier alpha value is -2.25. The number of hydrogen-bond donors (Lipinski definition) is 1. The number of fused-ring (bicyclic) bond motifs is 1. The number of carbonyl (C=O) groups is 2. The molecule has 1 aliphatic carbocycles. The number of amides is 1. The van der Waals surface area contributed by atoms with Crippen LogP contribution in [0.4, 0.5) is 9.39 Å². The van der Waals surface area contributed by atoms with Gasteiger partial charge in [-0.1, -0.05) is 18.2 Å². The fraction of sp³-hybridized carbons (Fsp3) is 0.478. The van der Waals surface area contributed by atoms with Crippen LogP contribution >= 0.6 is 11.3 Å². The fourth-order valence-corrected chi connectivity index (χ4v) is 5.75.